The molecule has 1 fully saturated rings. The predicted molar refractivity (Wildman–Crippen MR) is 63.8 cm³/mol. The van der Waals surface area contributed by atoms with Gasteiger partial charge < -0.3 is 10.6 Å². The molecule has 1 aromatic carbocycles. The Labute approximate surface area is 97.8 Å². The number of hydrogen-bond donors (Lipinski definition) is 2. The molecule has 0 bridgehead atoms. The molecule has 1 aliphatic carbocycles. The van der Waals surface area contributed by atoms with Gasteiger partial charge in [-0.3, -0.25) is 0 Å². The van der Waals surface area contributed by atoms with Crippen molar-refractivity contribution in [1.82, 2.24) is 5.32 Å². The monoisotopic (exact) mass is 244 g/mol. The van der Waals surface area contributed by atoms with Crippen LogP contribution in [0.5, 0.6) is 0 Å². The lowest BCUT2D eigenvalue weighted by Gasteiger charge is -2.10. The Balaban J connectivity index is 2.02. The minimum atomic E-state index is -0.473. The van der Waals surface area contributed by atoms with Gasteiger partial charge in [0.05, 0.1) is 10.7 Å². The third-order valence-corrected chi connectivity index (χ3v) is 2.62. The number of thiocarbonyl (C=S) groups is 1. The highest BCUT2D eigenvalue weighted by Gasteiger charge is 2.22. The van der Waals surface area contributed by atoms with Gasteiger partial charge in [0.2, 0.25) is 0 Å². The predicted octanol–water partition coefficient (Wildman–Crippen LogP) is 2.93. The lowest BCUT2D eigenvalue weighted by molar-refractivity contribution is 0.632. The summed E-state index contributed by atoms with van der Waals surface area (Å²) in [5, 5.41) is 6.38. The molecule has 2 N–H and O–H groups in total. The van der Waals surface area contributed by atoms with Crippen LogP contribution < -0.4 is 10.6 Å². The molecule has 0 atom stereocenters. The van der Waals surface area contributed by atoms with Gasteiger partial charge in [-0.25, -0.2) is 4.39 Å². The van der Waals surface area contributed by atoms with Crippen molar-refractivity contribution in [1.29, 1.82) is 0 Å². The largest absolute Gasteiger partial charge is 0.360 e. The number of nitrogens with one attached hydrogen (secondary N) is 2. The van der Waals surface area contributed by atoms with Crippen LogP contribution in [0.25, 0.3) is 0 Å². The molecule has 0 heterocycles. The third kappa shape index (κ3) is 2.79. The van der Waals surface area contributed by atoms with Crippen molar-refractivity contribution >= 4 is 34.6 Å². The quantitative estimate of drug-likeness (QED) is 0.783. The van der Waals surface area contributed by atoms with Gasteiger partial charge in [-0.2, -0.15) is 0 Å². The van der Waals surface area contributed by atoms with Crippen LogP contribution in [0, 0.1) is 5.82 Å². The summed E-state index contributed by atoms with van der Waals surface area (Å²) in [6.07, 6.45) is 2.25. The van der Waals surface area contributed by atoms with Gasteiger partial charge in [0.1, 0.15) is 0 Å². The number of rotatable bonds is 2. The topological polar surface area (TPSA) is 24.1 Å². The van der Waals surface area contributed by atoms with E-state index in [2.05, 4.69) is 10.6 Å². The molecule has 2 nitrogen and oxygen atoms in total. The van der Waals surface area contributed by atoms with E-state index in [0.717, 1.165) is 12.8 Å². The summed E-state index contributed by atoms with van der Waals surface area (Å²) in [7, 11) is 0. The molecule has 0 saturated heterocycles. The fraction of sp³-hybridized carbons (Fsp3) is 0.300. The maximum atomic E-state index is 13.4. The van der Waals surface area contributed by atoms with E-state index < -0.39 is 5.82 Å². The molecule has 2 rings (SSSR count). The Hall–Kier alpha value is -0.870. The zero-order valence-electron chi connectivity index (χ0n) is 7.89. The molecule has 1 aromatic rings. The second-order valence-corrected chi connectivity index (χ2v) is 4.29. The van der Waals surface area contributed by atoms with E-state index in [0.29, 0.717) is 16.8 Å². The normalized spacial score (nSPS) is 14.8. The second-order valence-electron chi connectivity index (χ2n) is 3.47. The Morgan fingerprint density at radius 2 is 2.20 bits per heavy atom. The lowest BCUT2D eigenvalue weighted by Crippen LogP contribution is -2.30. The van der Waals surface area contributed by atoms with Gasteiger partial charge in [-0.15, -0.1) is 0 Å². The molecule has 1 aliphatic rings. The molecular formula is C10H10ClFN2S. The van der Waals surface area contributed by atoms with E-state index in [-0.39, 0.29) is 5.02 Å². The maximum absolute atomic E-state index is 13.4. The summed E-state index contributed by atoms with van der Waals surface area (Å²) in [6, 6.07) is 5.22. The molecular weight excluding hydrogens is 235 g/mol. The first kappa shape index (κ1) is 10.6. The third-order valence-electron chi connectivity index (χ3n) is 2.11. The van der Waals surface area contributed by atoms with Crippen LogP contribution in [0.15, 0.2) is 18.2 Å². The molecule has 0 amide bonds. The highest BCUT2D eigenvalue weighted by Crippen LogP contribution is 2.23. The zero-order valence-corrected chi connectivity index (χ0v) is 9.46. The first-order valence-corrected chi connectivity index (χ1v) is 5.47. The molecule has 0 spiro atoms. The molecule has 1 saturated carbocycles. The lowest BCUT2D eigenvalue weighted by atomic mass is 10.3. The van der Waals surface area contributed by atoms with Crippen LogP contribution in [0.3, 0.4) is 0 Å². The van der Waals surface area contributed by atoms with Crippen molar-refractivity contribution in [3.05, 3.63) is 29.0 Å². The maximum Gasteiger partial charge on any atom is 0.171 e. The SMILES string of the molecule is Fc1c(Cl)cccc1NC(=S)NC1CC1. The molecule has 0 aromatic heterocycles. The number of hydrogen-bond acceptors (Lipinski definition) is 1. The summed E-state index contributed by atoms with van der Waals surface area (Å²) < 4.78 is 13.4. The van der Waals surface area contributed by atoms with Gasteiger partial charge in [0.15, 0.2) is 10.9 Å². The van der Waals surface area contributed by atoms with Gasteiger partial charge in [-0.05, 0) is 37.2 Å². The van der Waals surface area contributed by atoms with Crippen LogP contribution in [0.1, 0.15) is 12.8 Å². The summed E-state index contributed by atoms with van der Waals surface area (Å²) in [5.74, 6) is -0.473. The van der Waals surface area contributed by atoms with Crippen LogP contribution in [-0.2, 0) is 0 Å². The molecule has 5 heteroatoms. The van der Waals surface area contributed by atoms with Crippen molar-refractivity contribution < 1.29 is 4.39 Å². The first-order valence-electron chi connectivity index (χ1n) is 4.68. The van der Waals surface area contributed by atoms with Gasteiger partial charge >= 0.3 is 0 Å². The van der Waals surface area contributed by atoms with E-state index in [1.807, 2.05) is 0 Å². The van der Waals surface area contributed by atoms with E-state index in [1.165, 1.54) is 6.07 Å². The van der Waals surface area contributed by atoms with Crippen LogP contribution in [0.2, 0.25) is 5.02 Å². The standard InChI is InChI=1S/C10H10ClFN2S/c11-7-2-1-3-8(9(7)12)14-10(15)13-6-4-5-6/h1-3,6H,4-5H2,(H2,13,14,15). The molecule has 0 unspecified atom stereocenters. The highest BCUT2D eigenvalue weighted by molar-refractivity contribution is 7.80. The van der Waals surface area contributed by atoms with Crippen molar-refractivity contribution in [3.8, 4) is 0 Å². The van der Waals surface area contributed by atoms with Crippen molar-refractivity contribution in [2.24, 2.45) is 0 Å². The summed E-state index contributed by atoms with van der Waals surface area (Å²) >= 11 is 10.7. The Morgan fingerprint density at radius 1 is 1.47 bits per heavy atom. The molecule has 0 radical (unpaired) electrons. The smallest absolute Gasteiger partial charge is 0.171 e. The number of halogens is 2. The van der Waals surface area contributed by atoms with E-state index in [4.69, 9.17) is 23.8 Å². The average molecular weight is 245 g/mol. The summed E-state index contributed by atoms with van der Waals surface area (Å²) in [6.45, 7) is 0. The first-order chi connectivity index (χ1) is 7.16. The van der Waals surface area contributed by atoms with E-state index in [1.54, 1.807) is 12.1 Å². The Bertz CT molecular complexity index is 393. The summed E-state index contributed by atoms with van der Waals surface area (Å²) in [4.78, 5) is 0. The molecule has 15 heavy (non-hydrogen) atoms. The van der Waals surface area contributed by atoms with Crippen molar-refractivity contribution in [3.63, 3.8) is 0 Å². The highest BCUT2D eigenvalue weighted by atomic mass is 35.5. The fourth-order valence-corrected chi connectivity index (χ4v) is 1.62. The van der Waals surface area contributed by atoms with E-state index >= 15 is 0 Å². The molecule has 0 aliphatic heterocycles. The fourth-order valence-electron chi connectivity index (χ4n) is 1.17. The Kier molecular flexibility index (Phi) is 3.07. The molecule has 80 valence electrons. The van der Waals surface area contributed by atoms with Gasteiger partial charge in [0, 0.05) is 6.04 Å². The number of anilines is 1. The van der Waals surface area contributed by atoms with Crippen molar-refractivity contribution in [2.45, 2.75) is 18.9 Å². The zero-order chi connectivity index (χ0) is 10.8. The summed E-state index contributed by atoms with van der Waals surface area (Å²) in [5.41, 5.74) is 0.306. The minimum Gasteiger partial charge on any atom is -0.360 e. The van der Waals surface area contributed by atoms with Crippen molar-refractivity contribution in [2.75, 3.05) is 5.32 Å². The average Bonchev–Trinajstić information content (AvgIpc) is 2.97. The van der Waals surface area contributed by atoms with Gasteiger partial charge in [0.25, 0.3) is 0 Å². The van der Waals surface area contributed by atoms with Gasteiger partial charge in [-0.1, -0.05) is 17.7 Å². The second kappa shape index (κ2) is 4.33. The van der Waals surface area contributed by atoms with E-state index in [9.17, 15) is 4.39 Å². The van der Waals surface area contributed by atoms with Crippen LogP contribution in [0.4, 0.5) is 10.1 Å². The number of benzene rings is 1. The van der Waals surface area contributed by atoms with Crippen LogP contribution >= 0.6 is 23.8 Å². The Morgan fingerprint density at radius 3 is 2.87 bits per heavy atom. The van der Waals surface area contributed by atoms with Crippen LogP contribution in [-0.4, -0.2) is 11.2 Å². The minimum absolute atomic E-state index is 0.0919.